The maximum Gasteiger partial charge on any atom is 0.229 e. The Morgan fingerprint density at radius 3 is 2.62 bits per heavy atom. The fraction of sp³-hybridized carbons (Fsp3) is 0.300. The van der Waals surface area contributed by atoms with Crippen LogP contribution in [-0.2, 0) is 11.2 Å². The molecule has 0 aliphatic heterocycles. The zero-order valence-electron chi connectivity index (χ0n) is 15.0. The molecule has 6 heteroatoms. The highest BCUT2D eigenvalue weighted by molar-refractivity contribution is 7.18. The molecule has 5 nitrogen and oxygen atoms in total. The zero-order valence-corrected chi connectivity index (χ0v) is 15.8. The lowest BCUT2D eigenvalue weighted by Gasteiger charge is -2.21. The number of aromatic nitrogens is 3. The van der Waals surface area contributed by atoms with Gasteiger partial charge in [0, 0.05) is 30.9 Å². The van der Waals surface area contributed by atoms with Gasteiger partial charge in [-0.2, -0.15) is 0 Å². The van der Waals surface area contributed by atoms with Crippen LogP contribution in [-0.4, -0.2) is 27.6 Å². The molecule has 1 amide bonds. The van der Waals surface area contributed by atoms with Gasteiger partial charge in [0.15, 0.2) is 5.01 Å². The average molecular weight is 366 g/mol. The van der Waals surface area contributed by atoms with E-state index in [1.807, 2.05) is 42.5 Å². The lowest BCUT2D eigenvalue weighted by atomic mass is 10.1. The van der Waals surface area contributed by atoms with Gasteiger partial charge >= 0.3 is 0 Å². The van der Waals surface area contributed by atoms with Crippen molar-refractivity contribution in [3.63, 3.8) is 0 Å². The Morgan fingerprint density at radius 1 is 1.12 bits per heavy atom. The molecule has 0 atom stereocenters. The quantitative estimate of drug-likeness (QED) is 0.628. The first-order chi connectivity index (χ1) is 12.6. The molecule has 0 spiro atoms. The van der Waals surface area contributed by atoms with Crippen LogP contribution in [0.15, 0.2) is 54.9 Å². The van der Waals surface area contributed by atoms with Gasteiger partial charge in [-0.15, -0.1) is 10.2 Å². The van der Waals surface area contributed by atoms with Crippen LogP contribution in [0.3, 0.4) is 0 Å². The van der Waals surface area contributed by atoms with Gasteiger partial charge in [0.2, 0.25) is 11.0 Å². The molecule has 0 N–H and O–H groups in total. The highest BCUT2D eigenvalue weighted by atomic mass is 32.1. The van der Waals surface area contributed by atoms with Crippen LogP contribution in [0.4, 0.5) is 5.13 Å². The van der Waals surface area contributed by atoms with Crippen molar-refractivity contribution in [2.24, 2.45) is 5.92 Å². The first-order valence-electron chi connectivity index (χ1n) is 8.71. The number of carbonyl (C=O) groups is 1. The van der Waals surface area contributed by atoms with Crippen molar-refractivity contribution in [2.75, 3.05) is 11.4 Å². The maximum atomic E-state index is 12.9. The second-order valence-electron chi connectivity index (χ2n) is 6.52. The van der Waals surface area contributed by atoms with E-state index in [0.717, 1.165) is 17.0 Å². The summed E-state index contributed by atoms with van der Waals surface area (Å²) in [5.74, 6) is 0.429. The highest BCUT2D eigenvalue weighted by Crippen LogP contribution is 2.29. The maximum absolute atomic E-state index is 12.9. The number of benzene rings is 1. The standard InChI is InChI=1S/C20H22N4OS/c1-15(2)14-24(18(25)11-10-16-7-4-3-5-8-16)20-23-22-19(26-20)17-9-6-12-21-13-17/h3-9,12-13,15H,10-11,14H2,1-2H3. The van der Waals surface area contributed by atoms with Crippen molar-refractivity contribution in [1.29, 1.82) is 0 Å². The molecule has 0 aliphatic carbocycles. The zero-order chi connectivity index (χ0) is 18.4. The monoisotopic (exact) mass is 366 g/mol. The summed E-state index contributed by atoms with van der Waals surface area (Å²) in [5.41, 5.74) is 2.08. The lowest BCUT2D eigenvalue weighted by molar-refractivity contribution is -0.118. The van der Waals surface area contributed by atoms with E-state index in [1.54, 1.807) is 17.3 Å². The minimum absolute atomic E-state index is 0.0800. The van der Waals surface area contributed by atoms with E-state index in [0.29, 0.717) is 24.0 Å². The van der Waals surface area contributed by atoms with Gasteiger partial charge in [-0.1, -0.05) is 55.5 Å². The van der Waals surface area contributed by atoms with E-state index >= 15 is 0 Å². The van der Waals surface area contributed by atoms with E-state index < -0.39 is 0 Å². The third-order valence-electron chi connectivity index (χ3n) is 3.87. The number of anilines is 1. The molecule has 26 heavy (non-hydrogen) atoms. The number of hydrogen-bond donors (Lipinski definition) is 0. The van der Waals surface area contributed by atoms with Crippen LogP contribution in [0, 0.1) is 5.92 Å². The molecule has 0 saturated heterocycles. The summed E-state index contributed by atoms with van der Waals surface area (Å²) in [5, 5.41) is 9.94. The average Bonchev–Trinajstić information content (AvgIpc) is 3.15. The predicted octanol–water partition coefficient (Wildman–Crippen LogP) is 4.22. The van der Waals surface area contributed by atoms with Gasteiger partial charge in [0.1, 0.15) is 0 Å². The Morgan fingerprint density at radius 2 is 1.92 bits per heavy atom. The number of amides is 1. The van der Waals surface area contributed by atoms with E-state index in [1.165, 1.54) is 16.9 Å². The minimum Gasteiger partial charge on any atom is -0.286 e. The molecule has 2 heterocycles. The third-order valence-corrected chi connectivity index (χ3v) is 4.87. The van der Waals surface area contributed by atoms with Crippen molar-refractivity contribution < 1.29 is 4.79 Å². The van der Waals surface area contributed by atoms with Crippen molar-refractivity contribution in [2.45, 2.75) is 26.7 Å². The summed E-state index contributed by atoms with van der Waals surface area (Å²) >= 11 is 1.43. The lowest BCUT2D eigenvalue weighted by Crippen LogP contribution is -2.34. The van der Waals surface area contributed by atoms with Crippen LogP contribution in [0.1, 0.15) is 25.8 Å². The number of rotatable bonds is 7. The number of nitrogens with zero attached hydrogens (tertiary/aromatic N) is 4. The van der Waals surface area contributed by atoms with Gasteiger partial charge in [-0.25, -0.2) is 0 Å². The molecule has 0 saturated carbocycles. The van der Waals surface area contributed by atoms with Crippen molar-refractivity contribution >= 4 is 22.4 Å². The summed E-state index contributed by atoms with van der Waals surface area (Å²) < 4.78 is 0. The topological polar surface area (TPSA) is 59.0 Å². The van der Waals surface area contributed by atoms with E-state index in [4.69, 9.17) is 0 Å². The SMILES string of the molecule is CC(C)CN(C(=O)CCc1ccccc1)c1nnc(-c2cccnc2)s1. The smallest absolute Gasteiger partial charge is 0.229 e. The van der Waals surface area contributed by atoms with E-state index in [2.05, 4.69) is 29.0 Å². The highest BCUT2D eigenvalue weighted by Gasteiger charge is 2.21. The Hall–Kier alpha value is -2.60. The van der Waals surface area contributed by atoms with Crippen LogP contribution >= 0.6 is 11.3 Å². The van der Waals surface area contributed by atoms with Crippen molar-refractivity contribution in [3.05, 3.63) is 60.4 Å². The second-order valence-corrected chi connectivity index (χ2v) is 7.47. The van der Waals surface area contributed by atoms with E-state index in [-0.39, 0.29) is 5.91 Å². The molecule has 0 aliphatic rings. The molecule has 134 valence electrons. The largest absolute Gasteiger partial charge is 0.286 e. The molecule has 3 aromatic rings. The van der Waals surface area contributed by atoms with Gasteiger partial charge < -0.3 is 0 Å². The second kappa shape index (κ2) is 8.67. The first kappa shape index (κ1) is 18.2. The van der Waals surface area contributed by atoms with Crippen LogP contribution in [0.2, 0.25) is 0 Å². The Balaban J connectivity index is 1.75. The van der Waals surface area contributed by atoms with Crippen LogP contribution in [0.5, 0.6) is 0 Å². The molecule has 2 aromatic heterocycles. The minimum atomic E-state index is 0.0800. The van der Waals surface area contributed by atoms with Crippen LogP contribution < -0.4 is 4.90 Å². The molecule has 0 bridgehead atoms. The molecular weight excluding hydrogens is 344 g/mol. The summed E-state index contributed by atoms with van der Waals surface area (Å²) in [6, 6.07) is 13.9. The fourth-order valence-electron chi connectivity index (χ4n) is 2.61. The first-order valence-corrected chi connectivity index (χ1v) is 9.53. The Bertz CT molecular complexity index is 833. The van der Waals surface area contributed by atoms with Gasteiger partial charge in [-0.05, 0) is 30.0 Å². The molecule has 0 unspecified atom stereocenters. The number of pyridine rings is 1. The van der Waals surface area contributed by atoms with Crippen LogP contribution in [0.25, 0.3) is 10.6 Å². The molecule has 0 fully saturated rings. The number of hydrogen-bond acceptors (Lipinski definition) is 5. The van der Waals surface area contributed by atoms with Gasteiger partial charge in [-0.3, -0.25) is 14.7 Å². The third kappa shape index (κ3) is 4.73. The summed E-state index contributed by atoms with van der Waals surface area (Å²) in [6.45, 7) is 4.83. The van der Waals surface area contributed by atoms with Crippen molar-refractivity contribution in [3.8, 4) is 10.6 Å². The van der Waals surface area contributed by atoms with Gasteiger partial charge in [0.05, 0.1) is 0 Å². The summed E-state index contributed by atoms with van der Waals surface area (Å²) in [7, 11) is 0. The number of carbonyl (C=O) groups excluding carboxylic acids is 1. The number of aryl methyl sites for hydroxylation is 1. The molecule has 1 aromatic carbocycles. The normalized spacial score (nSPS) is 10.9. The molecular formula is C20H22N4OS. The fourth-order valence-corrected chi connectivity index (χ4v) is 3.47. The van der Waals surface area contributed by atoms with Crippen molar-refractivity contribution in [1.82, 2.24) is 15.2 Å². The summed E-state index contributed by atoms with van der Waals surface area (Å²) in [6.07, 6.45) is 4.67. The molecule has 3 rings (SSSR count). The summed E-state index contributed by atoms with van der Waals surface area (Å²) in [4.78, 5) is 18.7. The Kier molecular flexibility index (Phi) is 6.07. The molecule has 0 radical (unpaired) electrons. The van der Waals surface area contributed by atoms with E-state index in [9.17, 15) is 4.79 Å². The predicted molar refractivity (Wildman–Crippen MR) is 105 cm³/mol. The Labute approximate surface area is 157 Å². The van der Waals surface area contributed by atoms with Gasteiger partial charge in [0.25, 0.3) is 0 Å².